The fourth-order valence-corrected chi connectivity index (χ4v) is 2.54. The van der Waals surface area contributed by atoms with Gasteiger partial charge in [-0.05, 0) is 30.0 Å². The summed E-state index contributed by atoms with van der Waals surface area (Å²) in [6.45, 7) is 4.41. The lowest BCUT2D eigenvalue weighted by molar-refractivity contribution is 0.0697. The number of benzene rings is 1. The average molecular weight is 294 g/mol. The number of aromatic carboxylic acids is 1. The number of hydrogen-bond donors (Lipinski definition) is 1. The molecule has 1 N–H and O–H groups in total. The minimum Gasteiger partial charge on any atom is -0.478 e. The number of rotatable bonds is 4. The summed E-state index contributed by atoms with van der Waals surface area (Å²) >= 11 is 0. The molecule has 4 heteroatoms. The van der Waals surface area contributed by atoms with Crippen LogP contribution < -0.4 is 0 Å². The highest BCUT2D eigenvalue weighted by Crippen LogP contribution is 2.21. The van der Waals surface area contributed by atoms with Crippen molar-refractivity contribution in [2.75, 3.05) is 0 Å². The molecule has 0 fully saturated rings. The summed E-state index contributed by atoms with van der Waals surface area (Å²) in [5.41, 5.74) is 4.08. The molecule has 0 aliphatic carbocycles. The van der Waals surface area contributed by atoms with Gasteiger partial charge in [0.1, 0.15) is 5.65 Å². The minimum atomic E-state index is -0.940. The number of pyridine rings is 1. The van der Waals surface area contributed by atoms with Crippen LogP contribution in [0.1, 0.15) is 29.8 Å². The Hall–Kier alpha value is -2.62. The summed E-state index contributed by atoms with van der Waals surface area (Å²) in [6.07, 6.45) is 4.70. The molecule has 0 bridgehead atoms. The van der Waals surface area contributed by atoms with Gasteiger partial charge >= 0.3 is 5.97 Å². The maximum absolute atomic E-state index is 11.0. The standard InChI is InChI=1S/C18H18N2O2/c1-12(2)9-13-3-5-14(6-4-13)16-11-20-8-7-15(18(21)22)10-17(20)19-16/h3-8,10-12H,9H2,1-2H3,(H,21,22). The molecule has 4 nitrogen and oxygen atoms in total. The molecular weight excluding hydrogens is 276 g/mol. The molecule has 1 aromatic carbocycles. The van der Waals surface area contributed by atoms with Crippen LogP contribution in [0.5, 0.6) is 0 Å². The van der Waals surface area contributed by atoms with Gasteiger partial charge in [-0.25, -0.2) is 9.78 Å². The molecule has 2 heterocycles. The van der Waals surface area contributed by atoms with Gasteiger partial charge in [-0.15, -0.1) is 0 Å². The third kappa shape index (κ3) is 2.86. The average Bonchev–Trinajstić information content (AvgIpc) is 2.90. The van der Waals surface area contributed by atoms with Gasteiger partial charge in [-0.1, -0.05) is 38.1 Å². The highest BCUT2D eigenvalue weighted by atomic mass is 16.4. The van der Waals surface area contributed by atoms with Crippen LogP contribution in [0.4, 0.5) is 0 Å². The van der Waals surface area contributed by atoms with Gasteiger partial charge in [-0.2, -0.15) is 0 Å². The second-order valence-electron chi connectivity index (χ2n) is 5.91. The lowest BCUT2D eigenvalue weighted by Gasteiger charge is -2.05. The number of nitrogens with zero attached hydrogens (tertiary/aromatic N) is 2. The zero-order valence-electron chi connectivity index (χ0n) is 12.7. The molecule has 0 amide bonds. The van der Waals surface area contributed by atoms with Crippen molar-refractivity contribution in [3.63, 3.8) is 0 Å². The van der Waals surface area contributed by atoms with Gasteiger partial charge in [-0.3, -0.25) is 0 Å². The van der Waals surface area contributed by atoms with Crippen LogP contribution >= 0.6 is 0 Å². The molecule has 0 saturated carbocycles. The van der Waals surface area contributed by atoms with Crippen LogP contribution in [0.15, 0.2) is 48.8 Å². The number of carbonyl (C=O) groups is 1. The van der Waals surface area contributed by atoms with Crippen molar-refractivity contribution in [2.45, 2.75) is 20.3 Å². The molecule has 0 aliphatic heterocycles. The summed E-state index contributed by atoms with van der Waals surface area (Å²) in [4.78, 5) is 15.5. The molecule has 112 valence electrons. The van der Waals surface area contributed by atoms with Gasteiger partial charge in [0.25, 0.3) is 0 Å². The molecule has 3 rings (SSSR count). The molecular formula is C18H18N2O2. The number of carboxylic acid groups (broad SMARTS) is 1. The minimum absolute atomic E-state index is 0.247. The van der Waals surface area contributed by atoms with E-state index < -0.39 is 5.97 Å². The second-order valence-corrected chi connectivity index (χ2v) is 5.91. The van der Waals surface area contributed by atoms with E-state index in [0.717, 1.165) is 17.7 Å². The van der Waals surface area contributed by atoms with Gasteiger partial charge in [0.15, 0.2) is 0 Å². The Morgan fingerprint density at radius 3 is 2.59 bits per heavy atom. The molecule has 0 spiro atoms. The normalized spacial score (nSPS) is 11.2. The van der Waals surface area contributed by atoms with Gasteiger partial charge < -0.3 is 9.51 Å². The largest absolute Gasteiger partial charge is 0.478 e. The van der Waals surface area contributed by atoms with E-state index in [1.54, 1.807) is 18.3 Å². The van der Waals surface area contributed by atoms with Gasteiger partial charge in [0.2, 0.25) is 0 Å². The summed E-state index contributed by atoms with van der Waals surface area (Å²) in [5, 5.41) is 9.03. The van der Waals surface area contributed by atoms with Crippen molar-refractivity contribution < 1.29 is 9.90 Å². The van der Waals surface area contributed by atoms with Crippen molar-refractivity contribution in [1.82, 2.24) is 9.38 Å². The highest BCUT2D eigenvalue weighted by Gasteiger charge is 2.08. The van der Waals surface area contributed by atoms with E-state index in [-0.39, 0.29) is 5.56 Å². The predicted octanol–water partition coefficient (Wildman–Crippen LogP) is 3.90. The lowest BCUT2D eigenvalue weighted by Crippen LogP contribution is -1.96. The van der Waals surface area contributed by atoms with Crippen molar-refractivity contribution >= 4 is 11.6 Å². The first-order valence-corrected chi connectivity index (χ1v) is 7.34. The number of imidazole rings is 1. The summed E-state index contributed by atoms with van der Waals surface area (Å²) < 4.78 is 1.84. The third-order valence-electron chi connectivity index (χ3n) is 3.60. The Balaban J connectivity index is 1.94. The highest BCUT2D eigenvalue weighted by molar-refractivity contribution is 5.88. The SMILES string of the molecule is CC(C)Cc1ccc(-c2cn3ccc(C(=O)O)cc3n2)cc1. The van der Waals surface area contributed by atoms with E-state index >= 15 is 0 Å². The smallest absolute Gasteiger partial charge is 0.335 e. The summed E-state index contributed by atoms with van der Waals surface area (Å²) in [7, 11) is 0. The first-order chi connectivity index (χ1) is 10.5. The first kappa shape index (κ1) is 14.3. The lowest BCUT2D eigenvalue weighted by atomic mass is 10.0. The van der Waals surface area contributed by atoms with E-state index in [1.165, 1.54) is 5.56 Å². The maximum atomic E-state index is 11.0. The zero-order valence-corrected chi connectivity index (χ0v) is 12.7. The van der Waals surface area contributed by atoms with Gasteiger partial charge in [0, 0.05) is 18.0 Å². The van der Waals surface area contributed by atoms with Crippen LogP contribution in [-0.2, 0) is 6.42 Å². The molecule has 3 aromatic rings. The van der Waals surface area contributed by atoms with Crippen molar-refractivity contribution in [2.24, 2.45) is 5.92 Å². The molecule has 0 radical (unpaired) electrons. The predicted molar refractivity (Wildman–Crippen MR) is 86.1 cm³/mol. The Bertz CT molecular complexity index is 817. The van der Waals surface area contributed by atoms with E-state index in [9.17, 15) is 4.79 Å². The van der Waals surface area contributed by atoms with E-state index in [2.05, 4.69) is 43.1 Å². The molecule has 0 saturated heterocycles. The van der Waals surface area contributed by atoms with Crippen molar-refractivity contribution in [3.05, 3.63) is 59.9 Å². The maximum Gasteiger partial charge on any atom is 0.335 e. The molecule has 2 aromatic heterocycles. The fourth-order valence-electron chi connectivity index (χ4n) is 2.54. The molecule has 22 heavy (non-hydrogen) atoms. The number of hydrogen-bond acceptors (Lipinski definition) is 2. The molecule has 0 aliphatic rings. The van der Waals surface area contributed by atoms with Crippen LogP contribution in [-0.4, -0.2) is 20.5 Å². The van der Waals surface area contributed by atoms with Crippen molar-refractivity contribution in [1.29, 1.82) is 0 Å². The van der Waals surface area contributed by atoms with E-state index in [1.807, 2.05) is 10.6 Å². The van der Waals surface area contributed by atoms with E-state index in [4.69, 9.17) is 5.11 Å². The van der Waals surface area contributed by atoms with Crippen LogP contribution in [0.2, 0.25) is 0 Å². The number of fused-ring (bicyclic) bond motifs is 1. The summed E-state index contributed by atoms with van der Waals surface area (Å²) in [6, 6.07) is 11.5. The first-order valence-electron chi connectivity index (χ1n) is 7.34. The topological polar surface area (TPSA) is 54.6 Å². The van der Waals surface area contributed by atoms with Crippen LogP contribution in [0.25, 0.3) is 16.9 Å². The van der Waals surface area contributed by atoms with Crippen LogP contribution in [0, 0.1) is 5.92 Å². The quantitative estimate of drug-likeness (QED) is 0.794. The van der Waals surface area contributed by atoms with E-state index in [0.29, 0.717) is 11.6 Å². The molecule has 0 atom stereocenters. The Morgan fingerprint density at radius 2 is 1.95 bits per heavy atom. The second kappa shape index (κ2) is 5.64. The van der Waals surface area contributed by atoms with Crippen LogP contribution in [0.3, 0.4) is 0 Å². The Kier molecular flexibility index (Phi) is 3.67. The van der Waals surface area contributed by atoms with Gasteiger partial charge in [0.05, 0.1) is 11.3 Å². The van der Waals surface area contributed by atoms with Crippen molar-refractivity contribution in [3.8, 4) is 11.3 Å². The third-order valence-corrected chi connectivity index (χ3v) is 3.60. The Labute approximate surface area is 129 Å². The number of aromatic nitrogens is 2. The summed E-state index contributed by atoms with van der Waals surface area (Å²) in [5.74, 6) is -0.305. The zero-order chi connectivity index (χ0) is 15.7. The monoisotopic (exact) mass is 294 g/mol. The fraction of sp³-hybridized carbons (Fsp3) is 0.222. The number of carboxylic acids is 1. The molecule has 0 unspecified atom stereocenters. The Morgan fingerprint density at radius 1 is 1.23 bits per heavy atom.